The van der Waals surface area contributed by atoms with Gasteiger partial charge >= 0.3 is 0 Å². The average molecular weight is 325 g/mol. The smallest absolute Gasteiger partial charge is 0.126 e. The summed E-state index contributed by atoms with van der Waals surface area (Å²) in [5, 5.41) is 9.68. The summed E-state index contributed by atoms with van der Waals surface area (Å²) in [5.41, 5.74) is 1.45. The lowest BCUT2D eigenvalue weighted by molar-refractivity contribution is 0.190. The zero-order valence-electron chi connectivity index (χ0n) is 10.4. The van der Waals surface area contributed by atoms with Crippen LogP contribution in [0.3, 0.4) is 0 Å². The van der Waals surface area contributed by atoms with Crippen LogP contribution < -0.4 is 4.74 Å². The van der Waals surface area contributed by atoms with Gasteiger partial charge in [-0.3, -0.25) is 0 Å². The minimum atomic E-state index is -0.615. The van der Waals surface area contributed by atoms with E-state index in [4.69, 9.17) is 4.74 Å². The lowest BCUT2D eigenvalue weighted by Crippen LogP contribution is -2.01. The van der Waals surface area contributed by atoms with Crippen LogP contribution in [0, 0.1) is 5.82 Å². The first-order valence-corrected chi connectivity index (χ1v) is 6.70. The molecular weight excluding hydrogens is 311 g/mol. The molecule has 0 amide bonds. The second-order valence-electron chi connectivity index (χ2n) is 4.28. The van der Waals surface area contributed by atoms with Crippen molar-refractivity contribution in [3.05, 3.63) is 63.9 Å². The standard InChI is InChI=1S/C15H14BrFO2/c1-10(18)14-6-5-12(16)8-15(14)19-9-11-3-2-4-13(17)7-11/h2-8,10,18H,9H2,1H3/t10-/m0/s1. The molecule has 0 fully saturated rings. The number of aliphatic hydroxyl groups is 1. The van der Waals surface area contributed by atoms with Crippen molar-refractivity contribution in [1.82, 2.24) is 0 Å². The third-order valence-corrected chi connectivity index (χ3v) is 3.20. The van der Waals surface area contributed by atoms with E-state index >= 15 is 0 Å². The van der Waals surface area contributed by atoms with E-state index in [0.717, 1.165) is 10.0 Å². The van der Waals surface area contributed by atoms with Gasteiger partial charge in [0.25, 0.3) is 0 Å². The highest BCUT2D eigenvalue weighted by atomic mass is 79.9. The van der Waals surface area contributed by atoms with Crippen LogP contribution in [0.2, 0.25) is 0 Å². The molecule has 2 aromatic carbocycles. The quantitative estimate of drug-likeness (QED) is 0.912. The van der Waals surface area contributed by atoms with Crippen molar-refractivity contribution in [2.45, 2.75) is 19.6 Å². The van der Waals surface area contributed by atoms with Crippen LogP contribution in [0.15, 0.2) is 46.9 Å². The lowest BCUT2D eigenvalue weighted by Gasteiger charge is -2.14. The lowest BCUT2D eigenvalue weighted by atomic mass is 10.1. The Balaban J connectivity index is 2.17. The maximum atomic E-state index is 13.1. The summed E-state index contributed by atoms with van der Waals surface area (Å²) in [6.45, 7) is 1.94. The fourth-order valence-electron chi connectivity index (χ4n) is 1.77. The zero-order valence-corrected chi connectivity index (χ0v) is 12.0. The van der Waals surface area contributed by atoms with Gasteiger partial charge in [-0.15, -0.1) is 0 Å². The molecule has 0 bridgehead atoms. The highest BCUT2D eigenvalue weighted by molar-refractivity contribution is 9.10. The summed E-state index contributed by atoms with van der Waals surface area (Å²) in [5.74, 6) is 0.305. The van der Waals surface area contributed by atoms with Crippen LogP contribution >= 0.6 is 15.9 Å². The molecule has 2 nitrogen and oxygen atoms in total. The van der Waals surface area contributed by atoms with E-state index in [0.29, 0.717) is 11.3 Å². The summed E-state index contributed by atoms with van der Waals surface area (Å²) in [4.78, 5) is 0. The fourth-order valence-corrected chi connectivity index (χ4v) is 2.11. The van der Waals surface area contributed by atoms with E-state index in [1.54, 1.807) is 31.2 Å². The van der Waals surface area contributed by atoms with Gasteiger partial charge in [0.1, 0.15) is 18.2 Å². The number of hydrogen-bond donors (Lipinski definition) is 1. The molecule has 0 aliphatic rings. The summed E-state index contributed by atoms with van der Waals surface area (Å²) < 4.78 is 19.6. The molecule has 0 unspecified atom stereocenters. The number of aliphatic hydroxyl groups excluding tert-OH is 1. The Bertz CT molecular complexity index is 570. The van der Waals surface area contributed by atoms with Crippen LogP contribution in [0.1, 0.15) is 24.2 Å². The van der Waals surface area contributed by atoms with Crippen molar-refractivity contribution in [2.24, 2.45) is 0 Å². The molecule has 2 rings (SSSR count). The molecule has 100 valence electrons. The third-order valence-electron chi connectivity index (χ3n) is 2.71. The number of rotatable bonds is 4. The molecule has 0 saturated heterocycles. The predicted octanol–water partition coefficient (Wildman–Crippen LogP) is 4.22. The predicted molar refractivity (Wildman–Crippen MR) is 75.5 cm³/mol. The normalized spacial score (nSPS) is 12.2. The molecule has 4 heteroatoms. The van der Waals surface area contributed by atoms with E-state index in [-0.39, 0.29) is 12.4 Å². The van der Waals surface area contributed by atoms with Gasteiger partial charge < -0.3 is 9.84 Å². The summed E-state index contributed by atoms with van der Waals surface area (Å²) >= 11 is 3.36. The molecule has 0 aromatic heterocycles. The molecule has 19 heavy (non-hydrogen) atoms. The van der Waals surface area contributed by atoms with Gasteiger partial charge in [0.15, 0.2) is 0 Å². The number of benzene rings is 2. The van der Waals surface area contributed by atoms with Crippen molar-refractivity contribution >= 4 is 15.9 Å². The van der Waals surface area contributed by atoms with Crippen molar-refractivity contribution in [3.63, 3.8) is 0 Å². The molecule has 0 aliphatic carbocycles. The Morgan fingerprint density at radius 3 is 2.74 bits per heavy atom. The van der Waals surface area contributed by atoms with Crippen LogP contribution in [0.4, 0.5) is 4.39 Å². The minimum absolute atomic E-state index is 0.258. The molecule has 0 aliphatic heterocycles. The Labute approximate surface area is 120 Å². The van der Waals surface area contributed by atoms with Crippen LogP contribution in [0.5, 0.6) is 5.75 Å². The van der Waals surface area contributed by atoms with E-state index < -0.39 is 6.10 Å². The van der Waals surface area contributed by atoms with Gasteiger partial charge in [-0.2, -0.15) is 0 Å². The second-order valence-corrected chi connectivity index (χ2v) is 5.19. The Morgan fingerprint density at radius 1 is 1.26 bits per heavy atom. The maximum Gasteiger partial charge on any atom is 0.126 e. The van der Waals surface area contributed by atoms with Crippen molar-refractivity contribution in [1.29, 1.82) is 0 Å². The first-order chi connectivity index (χ1) is 9.06. The Hall–Kier alpha value is -1.39. The Morgan fingerprint density at radius 2 is 2.05 bits per heavy atom. The van der Waals surface area contributed by atoms with Gasteiger partial charge in [0.05, 0.1) is 6.10 Å². The fraction of sp³-hybridized carbons (Fsp3) is 0.200. The molecule has 2 aromatic rings. The van der Waals surface area contributed by atoms with Gasteiger partial charge in [0, 0.05) is 10.0 Å². The number of halogens is 2. The van der Waals surface area contributed by atoms with E-state index in [2.05, 4.69) is 15.9 Å². The van der Waals surface area contributed by atoms with Crippen LogP contribution in [-0.4, -0.2) is 5.11 Å². The molecule has 0 heterocycles. The highest BCUT2D eigenvalue weighted by Crippen LogP contribution is 2.29. The molecule has 0 saturated carbocycles. The third kappa shape index (κ3) is 3.78. The summed E-state index contributed by atoms with van der Waals surface area (Å²) in [7, 11) is 0. The largest absolute Gasteiger partial charge is 0.488 e. The van der Waals surface area contributed by atoms with Crippen molar-refractivity contribution in [3.8, 4) is 5.75 Å². The van der Waals surface area contributed by atoms with Crippen molar-refractivity contribution in [2.75, 3.05) is 0 Å². The van der Waals surface area contributed by atoms with Crippen LogP contribution in [-0.2, 0) is 6.61 Å². The summed E-state index contributed by atoms with van der Waals surface area (Å²) in [6, 6.07) is 11.7. The van der Waals surface area contributed by atoms with Gasteiger partial charge in [0.2, 0.25) is 0 Å². The van der Waals surface area contributed by atoms with Crippen molar-refractivity contribution < 1.29 is 14.2 Å². The van der Waals surface area contributed by atoms with Gasteiger partial charge in [-0.05, 0) is 36.8 Å². The van der Waals surface area contributed by atoms with Gasteiger partial charge in [-0.25, -0.2) is 4.39 Å². The molecular formula is C15H14BrFO2. The zero-order chi connectivity index (χ0) is 13.8. The topological polar surface area (TPSA) is 29.5 Å². The minimum Gasteiger partial charge on any atom is -0.488 e. The first-order valence-electron chi connectivity index (χ1n) is 5.91. The summed E-state index contributed by atoms with van der Waals surface area (Å²) in [6.07, 6.45) is -0.615. The van der Waals surface area contributed by atoms with E-state index in [1.807, 2.05) is 6.07 Å². The Kier molecular flexibility index (Phi) is 4.56. The number of hydrogen-bond acceptors (Lipinski definition) is 2. The van der Waals surface area contributed by atoms with Gasteiger partial charge in [-0.1, -0.05) is 34.1 Å². The monoisotopic (exact) mass is 324 g/mol. The molecule has 0 radical (unpaired) electrons. The van der Waals surface area contributed by atoms with E-state index in [9.17, 15) is 9.50 Å². The SMILES string of the molecule is C[C@H](O)c1ccc(Br)cc1OCc1cccc(F)c1. The molecule has 1 atom stereocenters. The first kappa shape index (κ1) is 14.0. The maximum absolute atomic E-state index is 13.1. The second kappa shape index (κ2) is 6.17. The molecule has 1 N–H and O–H groups in total. The highest BCUT2D eigenvalue weighted by Gasteiger charge is 2.10. The van der Waals surface area contributed by atoms with Crippen LogP contribution in [0.25, 0.3) is 0 Å². The van der Waals surface area contributed by atoms with E-state index in [1.165, 1.54) is 12.1 Å². The average Bonchev–Trinajstić information content (AvgIpc) is 2.36. The number of ether oxygens (including phenoxy) is 1. The molecule has 0 spiro atoms.